The number of rotatable bonds is 4. The zero-order valence-electron chi connectivity index (χ0n) is 10.2. The first kappa shape index (κ1) is 12.1. The van der Waals surface area contributed by atoms with E-state index in [2.05, 4.69) is 16.0 Å². The topological polar surface area (TPSA) is 52.8 Å². The molecular formula is C14H14N4. The molecule has 0 saturated heterocycles. The number of aromatic nitrogens is 2. The Kier molecular flexibility index (Phi) is 3.87. The molecule has 0 unspecified atom stereocenters. The number of pyridine rings is 2. The fourth-order valence-corrected chi connectivity index (χ4v) is 1.66. The molecule has 2 rings (SSSR count). The average Bonchev–Trinajstić information content (AvgIpc) is 2.46. The number of anilines is 1. The van der Waals surface area contributed by atoms with Crippen molar-refractivity contribution in [3.05, 3.63) is 54.0 Å². The van der Waals surface area contributed by atoms with Crippen LogP contribution in [0, 0.1) is 11.3 Å². The van der Waals surface area contributed by atoms with Crippen LogP contribution in [0.3, 0.4) is 0 Å². The summed E-state index contributed by atoms with van der Waals surface area (Å²) in [4.78, 5) is 10.3. The van der Waals surface area contributed by atoms with Gasteiger partial charge in [0.05, 0.1) is 11.6 Å². The lowest BCUT2D eigenvalue weighted by Gasteiger charge is -2.18. The molecule has 0 saturated carbocycles. The number of likely N-dealkylation sites (N-methyl/N-ethyl adjacent to an activating group) is 1. The summed E-state index contributed by atoms with van der Waals surface area (Å²) < 4.78 is 0. The lowest BCUT2D eigenvalue weighted by atomic mass is 10.2. The minimum atomic E-state index is 0.635. The monoisotopic (exact) mass is 238 g/mol. The Balaban J connectivity index is 1.99. The van der Waals surface area contributed by atoms with Gasteiger partial charge < -0.3 is 4.90 Å². The summed E-state index contributed by atoms with van der Waals surface area (Å²) in [7, 11) is 1.98. The maximum absolute atomic E-state index is 8.85. The predicted molar refractivity (Wildman–Crippen MR) is 70.2 cm³/mol. The van der Waals surface area contributed by atoms with E-state index in [-0.39, 0.29) is 0 Å². The van der Waals surface area contributed by atoms with Gasteiger partial charge >= 0.3 is 0 Å². The molecule has 0 atom stereocenters. The molecule has 2 aromatic heterocycles. The van der Waals surface area contributed by atoms with Crippen LogP contribution in [-0.2, 0) is 6.42 Å². The summed E-state index contributed by atoms with van der Waals surface area (Å²) in [6.45, 7) is 0.853. The highest BCUT2D eigenvalue weighted by Crippen LogP contribution is 2.11. The van der Waals surface area contributed by atoms with Gasteiger partial charge in [0.15, 0.2) is 0 Å². The summed E-state index contributed by atoms with van der Waals surface area (Å²) in [5, 5.41) is 8.85. The molecular weight excluding hydrogens is 224 g/mol. The second-order valence-corrected chi connectivity index (χ2v) is 4.04. The average molecular weight is 238 g/mol. The van der Waals surface area contributed by atoms with E-state index in [0.29, 0.717) is 5.56 Å². The van der Waals surface area contributed by atoms with Crippen LogP contribution in [0.15, 0.2) is 42.9 Å². The summed E-state index contributed by atoms with van der Waals surface area (Å²) in [6.07, 6.45) is 6.18. The third-order valence-electron chi connectivity index (χ3n) is 2.75. The van der Waals surface area contributed by atoms with Gasteiger partial charge in [-0.25, -0.2) is 4.98 Å². The van der Waals surface area contributed by atoms with E-state index in [1.165, 1.54) is 5.56 Å². The van der Waals surface area contributed by atoms with E-state index in [0.717, 1.165) is 18.8 Å². The van der Waals surface area contributed by atoms with Gasteiger partial charge in [0.25, 0.3) is 0 Å². The minimum absolute atomic E-state index is 0.635. The molecule has 0 N–H and O–H groups in total. The first-order valence-corrected chi connectivity index (χ1v) is 5.76. The number of hydrogen-bond acceptors (Lipinski definition) is 4. The molecule has 0 radical (unpaired) electrons. The number of nitriles is 1. The molecule has 90 valence electrons. The Morgan fingerprint density at radius 3 is 2.72 bits per heavy atom. The SMILES string of the molecule is CN(CCc1ccncc1)c1cc(C#N)ccn1. The minimum Gasteiger partial charge on any atom is -0.359 e. The van der Waals surface area contributed by atoms with Crippen LogP contribution < -0.4 is 4.90 Å². The van der Waals surface area contributed by atoms with Crippen LogP contribution in [0.4, 0.5) is 5.82 Å². The first-order chi connectivity index (χ1) is 8.79. The van der Waals surface area contributed by atoms with Gasteiger partial charge in [-0.05, 0) is 36.2 Å². The van der Waals surface area contributed by atoms with E-state index in [1.54, 1.807) is 30.7 Å². The van der Waals surface area contributed by atoms with E-state index in [4.69, 9.17) is 5.26 Å². The van der Waals surface area contributed by atoms with Crippen molar-refractivity contribution in [1.82, 2.24) is 9.97 Å². The maximum Gasteiger partial charge on any atom is 0.129 e. The quantitative estimate of drug-likeness (QED) is 0.817. The standard InChI is InChI=1S/C14H14N4/c1-18(9-5-12-2-6-16-7-3-12)14-10-13(11-15)4-8-17-14/h2-4,6-8,10H,5,9H2,1H3. The molecule has 0 aliphatic rings. The van der Waals surface area contributed by atoms with E-state index in [1.807, 2.05) is 24.1 Å². The van der Waals surface area contributed by atoms with Gasteiger partial charge in [-0.1, -0.05) is 0 Å². The van der Waals surface area contributed by atoms with Gasteiger partial charge in [-0.2, -0.15) is 5.26 Å². The van der Waals surface area contributed by atoms with Crippen LogP contribution in [-0.4, -0.2) is 23.6 Å². The molecule has 4 nitrogen and oxygen atoms in total. The summed E-state index contributed by atoms with van der Waals surface area (Å²) in [5.41, 5.74) is 1.88. The molecule has 0 bridgehead atoms. The van der Waals surface area contributed by atoms with Gasteiger partial charge in [0.2, 0.25) is 0 Å². The molecule has 2 heterocycles. The van der Waals surface area contributed by atoms with Gasteiger partial charge in [-0.3, -0.25) is 4.98 Å². The van der Waals surface area contributed by atoms with Crippen molar-refractivity contribution in [3.8, 4) is 6.07 Å². The van der Waals surface area contributed by atoms with Crippen LogP contribution in [0.5, 0.6) is 0 Å². The van der Waals surface area contributed by atoms with E-state index < -0.39 is 0 Å². The highest BCUT2D eigenvalue weighted by molar-refractivity contribution is 5.44. The zero-order chi connectivity index (χ0) is 12.8. The van der Waals surface area contributed by atoms with Gasteiger partial charge in [0, 0.05) is 32.2 Å². The highest BCUT2D eigenvalue weighted by Gasteiger charge is 2.03. The highest BCUT2D eigenvalue weighted by atomic mass is 15.2. The molecule has 2 aromatic rings. The number of nitrogens with zero attached hydrogens (tertiary/aromatic N) is 4. The second kappa shape index (κ2) is 5.78. The van der Waals surface area contributed by atoms with Crippen LogP contribution in [0.2, 0.25) is 0 Å². The fourth-order valence-electron chi connectivity index (χ4n) is 1.66. The van der Waals surface area contributed by atoms with Crippen molar-refractivity contribution < 1.29 is 0 Å². The third kappa shape index (κ3) is 3.05. The lowest BCUT2D eigenvalue weighted by Crippen LogP contribution is -2.21. The molecule has 0 aliphatic heterocycles. The van der Waals surface area contributed by atoms with E-state index in [9.17, 15) is 0 Å². The Morgan fingerprint density at radius 2 is 2.00 bits per heavy atom. The summed E-state index contributed by atoms with van der Waals surface area (Å²) in [6, 6.07) is 9.64. The Hall–Kier alpha value is -2.41. The molecule has 0 fully saturated rings. The van der Waals surface area contributed by atoms with Crippen LogP contribution in [0.1, 0.15) is 11.1 Å². The zero-order valence-corrected chi connectivity index (χ0v) is 10.2. The summed E-state index contributed by atoms with van der Waals surface area (Å²) in [5.74, 6) is 0.822. The number of hydrogen-bond donors (Lipinski definition) is 0. The van der Waals surface area contributed by atoms with Crippen molar-refractivity contribution in [2.24, 2.45) is 0 Å². The van der Waals surface area contributed by atoms with Crippen molar-refractivity contribution in [2.75, 3.05) is 18.5 Å². The molecule has 18 heavy (non-hydrogen) atoms. The first-order valence-electron chi connectivity index (χ1n) is 5.76. The molecule has 0 amide bonds. The maximum atomic E-state index is 8.85. The third-order valence-corrected chi connectivity index (χ3v) is 2.75. The fraction of sp³-hybridized carbons (Fsp3) is 0.214. The summed E-state index contributed by atoms with van der Waals surface area (Å²) >= 11 is 0. The molecule has 0 aliphatic carbocycles. The largest absolute Gasteiger partial charge is 0.359 e. The van der Waals surface area contributed by atoms with E-state index >= 15 is 0 Å². The van der Waals surface area contributed by atoms with Crippen molar-refractivity contribution in [3.63, 3.8) is 0 Å². The Labute approximate surface area is 107 Å². The van der Waals surface area contributed by atoms with Crippen LogP contribution in [0.25, 0.3) is 0 Å². The van der Waals surface area contributed by atoms with Crippen molar-refractivity contribution in [1.29, 1.82) is 5.26 Å². The molecule has 0 spiro atoms. The molecule has 4 heteroatoms. The van der Waals surface area contributed by atoms with Gasteiger partial charge in [0.1, 0.15) is 5.82 Å². The smallest absolute Gasteiger partial charge is 0.129 e. The van der Waals surface area contributed by atoms with Crippen molar-refractivity contribution in [2.45, 2.75) is 6.42 Å². The van der Waals surface area contributed by atoms with Crippen molar-refractivity contribution >= 4 is 5.82 Å². The predicted octanol–water partition coefficient (Wildman–Crippen LogP) is 2.03. The Bertz CT molecular complexity index is 545. The molecule has 0 aromatic carbocycles. The van der Waals surface area contributed by atoms with Crippen LogP contribution >= 0.6 is 0 Å². The Morgan fingerprint density at radius 1 is 1.22 bits per heavy atom. The normalized spacial score (nSPS) is 9.78. The lowest BCUT2D eigenvalue weighted by molar-refractivity contribution is 0.858. The second-order valence-electron chi connectivity index (χ2n) is 4.04. The van der Waals surface area contributed by atoms with Gasteiger partial charge in [-0.15, -0.1) is 0 Å².